The van der Waals surface area contributed by atoms with Crippen LogP contribution in [0.5, 0.6) is 11.5 Å². The molecule has 0 amide bonds. The Morgan fingerprint density at radius 2 is 1.90 bits per heavy atom. The largest absolute Gasteiger partial charge is 0.493 e. The number of nitrogens with one attached hydrogen (secondary N) is 1. The fourth-order valence-electron chi connectivity index (χ4n) is 4.53. The van der Waals surface area contributed by atoms with E-state index >= 15 is 0 Å². The van der Waals surface area contributed by atoms with Gasteiger partial charge in [-0.3, -0.25) is 0 Å². The molecule has 166 valence electrons. The van der Waals surface area contributed by atoms with E-state index < -0.39 is 0 Å². The molecule has 0 spiro atoms. The highest BCUT2D eigenvalue weighted by Gasteiger charge is 2.19. The highest BCUT2D eigenvalue weighted by Crippen LogP contribution is 2.36. The number of nitrogens with zero attached hydrogens (tertiary/aromatic N) is 4. The van der Waals surface area contributed by atoms with Crippen molar-refractivity contribution in [1.82, 2.24) is 14.8 Å². The number of nitriles is 1. The minimum Gasteiger partial charge on any atom is -0.493 e. The number of ether oxygens (including phenoxy) is 2. The molecular weight excluding hydrogens is 390 g/mol. The van der Waals surface area contributed by atoms with Gasteiger partial charge in [-0.15, -0.1) is 0 Å². The van der Waals surface area contributed by atoms with E-state index in [9.17, 15) is 5.26 Å². The summed E-state index contributed by atoms with van der Waals surface area (Å²) in [6, 6.07) is 8.32. The first-order chi connectivity index (χ1) is 15.2. The molecule has 2 aromatic rings. The van der Waals surface area contributed by atoms with Gasteiger partial charge >= 0.3 is 0 Å². The Labute approximate surface area is 184 Å². The minimum atomic E-state index is 0.390. The summed E-state index contributed by atoms with van der Waals surface area (Å²) in [5.74, 6) is 1.39. The lowest BCUT2D eigenvalue weighted by Crippen LogP contribution is -2.36. The van der Waals surface area contributed by atoms with Crippen molar-refractivity contribution in [2.24, 2.45) is 0 Å². The van der Waals surface area contributed by atoms with E-state index in [-0.39, 0.29) is 0 Å². The number of pyridine rings is 1. The number of methoxy groups -OCH3 is 1. The standard InChI is InChI=1S/C24H33N5O2/c1-28-11-6-18(7-12-28)26-21-14-19(17-25)27-22-16-24(23(30-2)15-20(21)22)31-13-5-10-29-8-3-4-9-29/h14-16,18H,3-13H2,1-2H3,(H,26,27). The minimum absolute atomic E-state index is 0.390. The summed E-state index contributed by atoms with van der Waals surface area (Å²) in [7, 11) is 3.82. The maximum Gasteiger partial charge on any atom is 0.163 e. The molecule has 7 heteroatoms. The summed E-state index contributed by atoms with van der Waals surface area (Å²) < 4.78 is 11.7. The molecule has 0 radical (unpaired) electrons. The predicted molar refractivity (Wildman–Crippen MR) is 123 cm³/mol. The van der Waals surface area contributed by atoms with Crippen LogP contribution in [0.25, 0.3) is 10.9 Å². The van der Waals surface area contributed by atoms with Gasteiger partial charge in [0, 0.05) is 29.7 Å². The van der Waals surface area contributed by atoms with Gasteiger partial charge in [0.15, 0.2) is 11.5 Å². The average molecular weight is 424 g/mol. The second-order valence-electron chi connectivity index (χ2n) is 8.66. The summed E-state index contributed by atoms with van der Waals surface area (Å²) >= 11 is 0. The van der Waals surface area contributed by atoms with Gasteiger partial charge < -0.3 is 24.6 Å². The molecule has 3 heterocycles. The van der Waals surface area contributed by atoms with Crippen LogP contribution in [0, 0.1) is 11.3 Å². The van der Waals surface area contributed by atoms with Crippen molar-refractivity contribution in [3.05, 3.63) is 23.9 Å². The van der Waals surface area contributed by atoms with Gasteiger partial charge in [-0.2, -0.15) is 5.26 Å². The van der Waals surface area contributed by atoms with E-state index in [4.69, 9.17) is 9.47 Å². The number of fused-ring (bicyclic) bond motifs is 1. The van der Waals surface area contributed by atoms with E-state index in [0.717, 1.165) is 55.5 Å². The summed E-state index contributed by atoms with van der Waals surface area (Å²) in [6.45, 7) is 6.25. The number of anilines is 1. The molecule has 1 N–H and O–H groups in total. The fraction of sp³-hybridized carbons (Fsp3) is 0.583. The lowest BCUT2D eigenvalue weighted by Gasteiger charge is -2.30. The van der Waals surface area contributed by atoms with Crippen LogP contribution in [0.1, 0.15) is 37.8 Å². The Morgan fingerprint density at radius 3 is 2.61 bits per heavy atom. The number of likely N-dealkylation sites (tertiary alicyclic amines) is 2. The zero-order valence-electron chi connectivity index (χ0n) is 18.7. The van der Waals surface area contributed by atoms with E-state index in [1.165, 1.54) is 25.9 Å². The van der Waals surface area contributed by atoms with Crippen LogP contribution in [0.4, 0.5) is 5.69 Å². The van der Waals surface area contributed by atoms with Crippen LogP contribution in [-0.4, -0.2) is 74.3 Å². The van der Waals surface area contributed by atoms with E-state index in [0.29, 0.717) is 29.8 Å². The van der Waals surface area contributed by atoms with Crippen molar-refractivity contribution < 1.29 is 9.47 Å². The summed E-state index contributed by atoms with van der Waals surface area (Å²) in [5, 5.41) is 14.1. The molecule has 0 saturated carbocycles. The second-order valence-corrected chi connectivity index (χ2v) is 8.66. The Bertz CT molecular complexity index is 928. The van der Waals surface area contributed by atoms with Gasteiger partial charge in [0.05, 0.1) is 19.2 Å². The van der Waals surface area contributed by atoms with E-state index in [1.807, 2.05) is 18.2 Å². The van der Waals surface area contributed by atoms with Crippen molar-refractivity contribution in [2.45, 2.75) is 38.1 Å². The Morgan fingerprint density at radius 1 is 1.13 bits per heavy atom. The monoisotopic (exact) mass is 423 g/mol. The highest BCUT2D eigenvalue weighted by atomic mass is 16.5. The van der Waals surface area contributed by atoms with E-state index in [1.54, 1.807) is 7.11 Å². The Balaban J connectivity index is 1.52. The first kappa shape index (κ1) is 21.7. The molecule has 2 fully saturated rings. The van der Waals surface area contributed by atoms with E-state index in [2.05, 4.69) is 33.2 Å². The first-order valence-electron chi connectivity index (χ1n) is 11.4. The fourth-order valence-corrected chi connectivity index (χ4v) is 4.53. The molecule has 2 aliphatic rings. The predicted octanol–water partition coefficient (Wildman–Crippen LogP) is 3.49. The lowest BCUT2D eigenvalue weighted by atomic mass is 10.0. The maximum absolute atomic E-state index is 9.50. The molecule has 2 aliphatic heterocycles. The van der Waals surface area contributed by atoms with Crippen LogP contribution in [0.2, 0.25) is 0 Å². The van der Waals surface area contributed by atoms with Crippen molar-refractivity contribution in [3.8, 4) is 17.6 Å². The summed E-state index contributed by atoms with van der Waals surface area (Å²) in [4.78, 5) is 9.37. The van der Waals surface area contributed by atoms with Gasteiger partial charge in [0.1, 0.15) is 11.8 Å². The number of rotatable bonds is 8. The van der Waals surface area contributed by atoms with Gasteiger partial charge in [-0.05, 0) is 77.5 Å². The second kappa shape index (κ2) is 10.2. The van der Waals surface area contributed by atoms with Crippen molar-refractivity contribution in [3.63, 3.8) is 0 Å². The summed E-state index contributed by atoms with van der Waals surface area (Å²) in [5.41, 5.74) is 2.10. The molecule has 31 heavy (non-hydrogen) atoms. The summed E-state index contributed by atoms with van der Waals surface area (Å²) in [6.07, 6.45) is 5.76. The highest BCUT2D eigenvalue weighted by molar-refractivity contribution is 5.94. The SMILES string of the molecule is COc1cc2c(NC3CCN(C)CC3)cc(C#N)nc2cc1OCCCN1CCCC1. The number of hydrogen-bond donors (Lipinski definition) is 1. The van der Waals surface area contributed by atoms with Crippen molar-refractivity contribution in [2.75, 3.05) is 58.8 Å². The molecular formula is C24H33N5O2. The topological polar surface area (TPSA) is 73.6 Å². The smallest absolute Gasteiger partial charge is 0.163 e. The molecule has 0 aliphatic carbocycles. The Kier molecular flexibility index (Phi) is 7.10. The molecule has 4 rings (SSSR count). The molecule has 0 unspecified atom stereocenters. The van der Waals surface area contributed by atoms with Crippen LogP contribution in [-0.2, 0) is 0 Å². The molecule has 0 atom stereocenters. The van der Waals surface area contributed by atoms with Crippen molar-refractivity contribution >= 4 is 16.6 Å². The van der Waals surface area contributed by atoms with Gasteiger partial charge in [0.25, 0.3) is 0 Å². The first-order valence-corrected chi connectivity index (χ1v) is 11.4. The normalized spacial score (nSPS) is 18.2. The lowest BCUT2D eigenvalue weighted by molar-refractivity contribution is 0.254. The number of hydrogen-bond acceptors (Lipinski definition) is 7. The number of benzene rings is 1. The molecule has 1 aromatic carbocycles. The zero-order valence-corrected chi connectivity index (χ0v) is 18.7. The third-order valence-electron chi connectivity index (χ3n) is 6.36. The molecule has 1 aromatic heterocycles. The molecule has 2 saturated heterocycles. The van der Waals surface area contributed by atoms with Crippen LogP contribution in [0.3, 0.4) is 0 Å². The molecule has 7 nitrogen and oxygen atoms in total. The zero-order chi connectivity index (χ0) is 21.6. The Hall–Kier alpha value is -2.56. The van der Waals surface area contributed by atoms with Crippen molar-refractivity contribution in [1.29, 1.82) is 5.26 Å². The molecule has 0 bridgehead atoms. The van der Waals surface area contributed by atoms with Gasteiger partial charge in [0.2, 0.25) is 0 Å². The van der Waals surface area contributed by atoms with Gasteiger partial charge in [-0.1, -0.05) is 0 Å². The third kappa shape index (κ3) is 5.38. The third-order valence-corrected chi connectivity index (χ3v) is 6.36. The van der Waals surface area contributed by atoms with Crippen LogP contribution in [0.15, 0.2) is 18.2 Å². The average Bonchev–Trinajstić information content (AvgIpc) is 3.31. The van der Waals surface area contributed by atoms with Gasteiger partial charge in [-0.25, -0.2) is 4.98 Å². The number of aromatic nitrogens is 1. The maximum atomic E-state index is 9.50. The quantitative estimate of drug-likeness (QED) is 0.652. The van der Waals surface area contributed by atoms with Crippen LogP contribution < -0.4 is 14.8 Å². The van der Waals surface area contributed by atoms with Crippen LogP contribution >= 0.6 is 0 Å². The number of piperidine rings is 1.